The lowest BCUT2D eigenvalue weighted by atomic mass is 10.1. The van der Waals surface area contributed by atoms with Crippen molar-refractivity contribution in [3.63, 3.8) is 0 Å². The van der Waals surface area contributed by atoms with Crippen molar-refractivity contribution in [1.82, 2.24) is 0 Å². The first-order valence-electron chi connectivity index (χ1n) is 6.28. The first kappa shape index (κ1) is 13.1. The maximum absolute atomic E-state index is 11.3. The molecule has 0 aliphatic carbocycles. The highest BCUT2D eigenvalue weighted by Gasteiger charge is 2.15. The molecule has 0 aliphatic rings. The first-order valence-corrected chi connectivity index (χ1v) is 8.34. The van der Waals surface area contributed by atoms with E-state index in [-0.39, 0.29) is 5.75 Å². The molecule has 3 aromatic rings. The Bertz CT molecular complexity index is 880. The summed E-state index contributed by atoms with van der Waals surface area (Å²) in [6, 6.07) is 12.8. The van der Waals surface area contributed by atoms with Gasteiger partial charge >= 0.3 is 0 Å². The van der Waals surface area contributed by atoms with Crippen molar-refractivity contribution in [3.05, 3.63) is 48.0 Å². The van der Waals surface area contributed by atoms with Crippen molar-refractivity contribution in [2.45, 2.75) is 6.04 Å². The summed E-state index contributed by atoms with van der Waals surface area (Å²) in [5.74, 6) is -0.0612. The Morgan fingerprint density at radius 1 is 1.10 bits per heavy atom. The highest BCUT2D eigenvalue weighted by atomic mass is 32.2. The van der Waals surface area contributed by atoms with E-state index in [1.165, 1.54) is 6.26 Å². The molecule has 0 spiro atoms. The summed E-state index contributed by atoms with van der Waals surface area (Å²) in [6.07, 6.45) is 1.19. The molecule has 1 atom stereocenters. The molecule has 0 aliphatic heterocycles. The van der Waals surface area contributed by atoms with Gasteiger partial charge in [0.15, 0.2) is 0 Å². The zero-order valence-electron chi connectivity index (χ0n) is 11.0. The third-order valence-electron chi connectivity index (χ3n) is 3.31. The second kappa shape index (κ2) is 4.61. The fourth-order valence-corrected chi connectivity index (χ4v) is 3.24. The maximum Gasteiger partial charge on any atom is 0.149 e. The van der Waals surface area contributed by atoms with Crippen molar-refractivity contribution < 1.29 is 12.8 Å². The van der Waals surface area contributed by atoms with E-state index in [2.05, 4.69) is 0 Å². The number of nitrogens with two attached hydrogens (primary N) is 1. The van der Waals surface area contributed by atoms with Crippen LogP contribution in [0.2, 0.25) is 0 Å². The van der Waals surface area contributed by atoms with Crippen molar-refractivity contribution in [2.24, 2.45) is 5.73 Å². The predicted octanol–water partition coefficient (Wildman–Crippen LogP) is 2.63. The molecular weight excluding hydrogens is 274 g/mol. The Hall–Kier alpha value is -1.85. The normalized spacial score (nSPS) is 13.9. The molecule has 0 fully saturated rings. The molecule has 2 aromatic carbocycles. The van der Waals surface area contributed by atoms with E-state index in [1.807, 2.05) is 42.5 Å². The van der Waals surface area contributed by atoms with Crippen molar-refractivity contribution in [3.8, 4) is 0 Å². The number of para-hydroxylation sites is 1. The summed E-state index contributed by atoms with van der Waals surface area (Å²) < 4.78 is 28.4. The number of sulfone groups is 1. The van der Waals surface area contributed by atoms with Gasteiger partial charge in [0, 0.05) is 23.1 Å². The average molecular weight is 289 g/mol. The van der Waals surface area contributed by atoms with E-state index in [1.54, 1.807) is 0 Å². The zero-order chi connectivity index (χ0) is 14.3. The van der Waals surface area contributed by atoms with Crippen LogP contribution in [0.25, 0.3) is 21.9 Å². The maximum atomic E-state index is 11.3. The van der Waals surface area contributed by atoms with Gasteiger partial charge in [-0.15, -0.1) is 0 Å². The van der Waals surface area contributed by atoms with Crippen LogP contribution in [0, 0.1) is 0 Å². The van der Waals surface area contributed by atoms with Crippen LogP contribution in [-0.4, -0.2) is 20.4 Å². The van der Waals surface area contributed by atoms with E-state index in [4.69, 9.17) is 10.2 Å². The van der Waals surface area contributed by atoms with Gasteiger partial charge in [-0.25, -0.2) is 8.42 Å². The van der Waals surface area contributed by atoms with Crippen molar-refractivity contribution >= 4 is 31.8 Å². The molecule has 1 unspecified atom stereocenters. The second-order valence-corrected chi connectivity index (χ2v) is 7.24. The average Bonchev–Trinajstić information content (AvgIpc) is 2.74. The molecule has 1 aromatic heterocycles. The zero-order valence-corrected chi connectivity index (χ0v) is 11.9. The van der Waals surface area contributed by atoms with Crippen LogP contribution in [0.3, 0.4) is 0 Å². The summed E-state index contributed by atoms with van der Waals surface area (Å²) in [7, 11) is -3.10. The first-order chi connectivity index (χ1) is 9.44. The largest absolute Gasteiger partial charge is 0.456 e. The monoisotopic (exact) mass is 289 g/mol. The predicted molar refractivity (Wildman–Crippen MR) is 80.4 cm³/mol. The summed E-state index contributed by atoms with van der Waals surface area (Å²) in [6.45, 7) is 0. The topological polar surface area (TPSA) is 73.3 Å². The van der Waals surface area contributed by atoms with E-state index < -0.39 is 15.9 Å². The Morgan fingerprint density at radius 2 is 1.80 bits per heavy atom. The molecule has 4 nitrogen and oxygen atoms in total. The van der Waals surface area contributed by atoms with E-state index >= 15 is 0 Å². The summed E-state index contributed by atoms with van der Waals surface area (Å²) in [5, 5.41) is 1.97. The molecule has 2 N–H and O–H groups in total. The highest BCUT2D eigenvalue weighted by molar-refractivity contribution is 7.90. The van der Waals surface area contributed by atoms with Crippen LogP contribution < -0.4 is 5.73 Å². The van der Waals surface area contributed by atoms with Gasteiger partial charge in [0.05, 0.1) is 5.75 Å². The van der Waals surface area contributed by atoms with Gasteiger partial charge < -0.3 is 10.2 Å². The molecular formula is C15H15NO3S. The third-order valence-corrected chi connectivity index (χ3v) is 4.28. The molecule has 1 heterocycles. The molecule has 0 saturated heterocycles. The SMILES string of the molecule is CS(=O)(=O)CC(N)c1ccc2oc3ccccc3c2c1. The van der Waals surface area contributed by atoms with Crippen molar-refractivity contribution in [1.29, 1.82) is 0 Å². The molecule has 0 radical (unpaired) electrons. The molecule has 20 heavy (non-hydrogen) atoms. The fraction of sp³-hybridized carbons (Fsp3) is 0.200. The second-order valence-electron chi connectivity index (χ2n) is 5.05. The lowest BCUT2D eigenvalue weighted by Gasteiger charge is -2.10. The summed E-state index contributed by atoms with van der Waals surface area (Å²) in [5.41, 5.74) is 8.37. The molecule has 0 bridgehead atoms. The van der Waals surface area contributed by atoms with Gasteiger partial charge in [-0.05, 0) is 23.8 Å². The van der Waals surface area contributed by atoms with Gasteiger partial charge in [-0.3, -0.25) is 0 Å². The quantitative estimate of drug-likeness (QED) is 0.804. The number of furan rings is 1. The molecule has 5 heteroatoms. The highest BCUT2D eigenvalue weighted by Crippen LogP contribution is 2.30. The molecule has 3 rings (SSSR count). The van der Waals surface area contributed by atoms with Crippen LogP contribution in [0.4, 0.5) is 0 Å². The third kappa shape index (κ3) is 2.42. The smallest absolute Gasteiger partial charge is 0.149 e. The Balaban J connectivity index is 2.12. The van der Waals surface area contributed by atoms with Gasteiger partial charge in [0.1, 0.15) is 21.0 Å². The van der Waals surface area contributed by atoms with Crippen LogP contribution in [0.1, 0.15) is 11.6 Å². The number of hydrogen-bond donors (Lipinski definition) is 1. The van der Waals surface area contributed by atoms with Gasteiger partial charge in [-0.1, -0.05) is 24.3 Å². The molecule has 0 saturated carbocycles. The number of rotatable bonds is 3. The van der Waals surface area contributed by atoms with Crippen LogP contribution in [0.15, 0.2) is 46.9 Å². The minimum atomic E-state index is -3.10. The van der Waals surface area contributed by atoms with E-state index in [9.17, 15) is 8.42 Å². The lowest BCUT2D eigenvalue weighted by Crippen LogP contribution is -2.20. The number of hydrogen-bond acceptors (Lipinski definition) is 4. The fourth-order valence-electron chi connectivity index (χ4n) is 2.40. The standard InChI is InChI=1S/C15H15NO3S/c1-20(17,18)9-13(16)10-6-7-15-12(8-10)11-4-2-3-5-14(11)19-15/h2-8,13H,9,16H2,1H3. The Morgan fingerprint density at radius 3 is 2.55 bits per heavy atom. The number of benzene rings is 2. The Kier molecular flexibility index (Phi) is 3.03. The van der Waals surface area contributed by atoms with Crippen molar-refractivity contribution in [2.75, 3.05) is 12.0 Å². The van der Waals surface area contributed by atoms with Crippen LogP contribution in [0.5, 0.6) is 0 Å². The Labute approximate surface area is 117 Å². The minimum Gasteiger partial charge on any atom is -0.456 e. The minimum absolute atomic E-state index is 0.0612. The summed E-state index contributed by atoms with van der Waals surface area (Å²) >= 11 is 0. The van der Waals surface area contributed by atoms with Crippen LogP contribution in [-0.2, 0) is 9.84 Å². The lowest BCUT2D eigenvalue weighted by molar-refractivity contribution is 0.595. The van der Waals surface area contributed by atoms with E-state index in [0.29, 0.717) is 0 Å². The number of fused-ring (bicyclic) bond motifs is 3. The van der Waals surface area contributed by atoms with Crippen LogP contribution >= 0.6 is 0 Å². The van der Waals surface area contributed by atoms with Gasteiger partial charge in [-0.2, -0.15) is 0 Å². The molecule has 104 valence electrons. The summed E-state index contributed by atoms with van der Waals surface area (Å²) in [4.78, 5) is 0. The van der Waals surface area contributed by atoms with Gasteiger partial charge in [0.25, 0.3) is 0 Å². The molecule has 0 amide bonds. The van der Waals surface area contributed by atoms with Gasteiger partial charge in [0.2, 0.25) is 0 Å². The van der Waals surface area contributed by atoms with E-state index in [0.717, 1.165) is 27.5 Å².